The lowest BCUT2D eigenvalue weighted by atomic mass is 9.94. The van der Waals surface area contributed by atoms with Crippen molar-refractivity contribution in [3.8, 4) is 0 Å². The quantitative estimate of drug-likeness (QED) is 0.379. The first-order valence-electron chi connectivity index (χ1n) is 12.9. The van der Waals surface area contributed by atoms with Gasteiger partial charge in [0.25, 0.3) is 5.91 Å². The van der Waals surface area contributed by atoms with Crippen LogP contribution in [0.4, 0.5) is 10.5 Å². The first-order chi connectivity index (χ1) is 18.2. The van der Waals surface area contributed by atoms with E-state index in [-0.39, 0.29) is 6.54 Å². The Hall–Kier alpha value is -3.59. The molecule has 212 valence electrons. The zero-order valence-electron chi connectivity index (χ0n) is 23.7. The summed E-state index contributed by atoms with van der Waals surface area (Å²) in [5, 5.41) is 5.73. The van der Waals surface area contributed by atoms with E-state index in [9.17, 15) is 19.2 Å². The molecule has 0 heterocycles. The minimum absolute atomic E-state index is 0.164. The summed E-state index contributed by atoms with van der Waals surface area (Å²) in [6, 6.07) is 8.34. The van der Waals surface area contributed by atoms with Gasteiger partial charge in [-0.1, -0.05) is 48.9 Å². The van der Waals surface area contributed by atoms with E-state index in [1.807, 2.05) is 45.9 Å². The molecule has 0 aliphatic carbocycles. The molecule has 4 amide bonds. The minimum atomic E-state index is -1.34. The molecule has 2 aromatic rings. The van der Waals surface area contributed by atoms with Crippen molar-refractivity contribution in [2.75, 3.05) is 11.9 Å². The van der Waals surface area contributed by atoms with Crippen molar-refractivity contribution in [1.29, 1.82) is 0 Å². The maximum atomic E-state index is 14.0. The molecule has 2 rings (SSSR count). The number of nitrogens with two attached hydrogens (primary N) is 1. The van der Waals surface area contributed by atoms with E-state index in [4.69, 9.17) is 22.1 Å². The number of ether oxygens (including phenoxy) is 1. The Kier molecular flexibility index (Phi) is 10.9. The molecule has 2 unspecified atom stereocenters. The van der Waals surface area contributed by atoms with Gasteiger partial charge < -0.3 is 26.0 Å². The monoisotopic (exact) mass is 558 g/mol. The molecule has 39 heavy (non-hydrogen) atoms. The third-order valence-electron chi connectivity index (χ3n) is 6.11. The normalized spacial score (nSPS) is 12.7. The van der Waals surface area contributed by atoms with Crippen molar-refractivity contribution < 1.29 is 23.9 Å². The SMILES string of the molecule is CCCN(C(=O)C(CC(N)=O)NC(=O)OC(C)(C)C)C(C(=O)Nc1c(C)cccc1Cl)c1cccc(C)c1C. The van der Waals surface area contributed by atoms with Crippen LogP contribution in [0.1, 0.15) is 68.8 Å². The Morgan fingerprint density at radius 3 is 2.21 bits per heavy atom. The number of hydrogen-bond acceptors (Lipinski definition) is 5. The number of carbonyl (C=O) groups is 4. The first-order valence-corrected chi connectivity index (χ1v) is 13.2. The van der Waals surface area contributed by atoms with Crippen molar-refractivity contribution in [2.24, 2.45) is 5.73 Å². The van der Waals surface area contributed by atoms with Crippen LogP contribution in [0, 0.1) is 20.8 Å². The first kappa shape index (κ1) is 31.6. The summed E-state index contributed by atoms with van der Waals surface area (Å²) in [5.74, 6) is -1.92. The highest BCUT2D eigenvalue weighted by atomic mass is 35.5. The number of nitrogens with zero attached hydrogens (tertiary/aromatic N) is 1. The third-order valence-corrected chi connectivity index (χ3v) is 6.43. The van der Waals surface area contributed by atoms with Crippen LogP contribution in [0.25, 0.3) is 0 Å². The highest BCUT2D eigenvalue weighted by Crippen LogP contribution is 2.31. The number of benzene rings is 2. The maximum absolute atomic E-state index is 14.0. The Morgan fingerprint density at radius 1 is 1.03 bits per heavy atom. The molecule has 0 aliphatic heterocycles. The van der Waals surface area contributed by atoms with Crippen LogP contribution in [0.15, 0.2) is 36.4 Å². The average Bonchev–Trinajstić information content (AvgIpc) is 2.81. The molecular weight excluding hydrogens is 520 g/mol. The zero-order chi connectivity index (χ0) is 29.5. The summed E-state index contributed by atoms with van der Waals surface area (Å²) < 4.78 is 5.31. The molecule has 0 aromatic heterocycles. The highest BCUT2D eigenvalue weighted by molar-refractivity contribution is 6.34. The molecule has 10 heteroatoms. The van der Waals surface area contributed by atoms with Crippen LogP contribution in [-0.4, -0.2) is 46.9 Å². The Balaban J connectivity index is 2.61. The van der Waals surface area contributed by atoms with Gasteiger partial charge in [0.15, 0.2) is 0 Å². The van der Waals surface area contributed by atoms with E-state index in [0.29, 0.717) is 22.7 Å². The fourth-order valence-electron chi connectivity index (χ4n) is 4.16. The Morgan fingerprint density at radius 2 is 1.64 bits per heavy atom. The molecule has 0 saturated carbocycles. The molecule has 4 N–H and O–H groups in total. The second-order valence-electron chi connectivity index (χ2n) is 10.5. The van der Waals surface area contributed by atoms with Crippen molar-refractivity contribution in [3.05, 3.63) is 63.7 Å². The third kappa shape index (κ3) is 8.71. The standard InChI is InChI=1S/C29H39ClN4O5/c1-8-15-34(27(37)22(16-23(31)35)32-28(38)39-29(5,6)7)25(20-13-9-11-17(2)19(20)4)26(36)33-24-18(3)12-10-14-21(24)30/h9-14,22,25H,8,15-16H2,1-7H3,(H2,31,35)(H,32,38)(H,33,36). The van der Waals surface area contributed by atoms with Crippen LogP contribution >= 0.6 is 11.6 Å². The maximum Gasteiger partial charge on any atom is 0.408 e. The van der Waals surface area contributed by atoms with Crippen molar-refractivity contribution >= 4 is 41.1 Å². The van der Waals surface area contributed by atoms with E-state index in [1.54, 1.807) is 39.0 Å². The number of carbonyl (C=O) groups excluding carboxylic acids is 4. The van der Waals surface area contributed by atoms with Gasteiger partial charge in [0.1, 0.15) is 17.7 Å². The number of alkyl carbamates (subject to hydrolysis) is 1. The van der Waals surface area contributed by atoms with E-state index in [0.717, 1.165) is 16.7 Å². The van der Waals surface area contributed by atoms with E-state index >= 15 is 0 Å². The number of halogens is 1. The van der Waals surface area contributed by atoms with Gasteiger partial charge in [-0.15, -0.1) is 0 Å². The summed E-state index contributed by atoms with van der Waals surface area (Å²) in [7, 11) is 0. The van der Waals surface area contributed by atoms with Gasteiger partial charge in [0.2, 0.25) is 11.8 Å². The molecule has 2 atom stereocenters. The number of amides is 4. The van der Waals surface area contributed by atoms with Gasteiger partial charge >= 0.3 is 6.09 Å². The number of primary amides is 1. The smallest absolute Gasteiger partial charge is 0.408 e. The molecule has 9 nitrogen and oxygen atoms in total. The second-order valence-corrected chi connectivity index (χ2v) is 10.9. The summed E-state index contributed by atoms with van der Waals surface area (Å²) in [6.45, 7) is 12.7. The van der Waals surface area contributed by atoms with Gasteiger partial charge in [0.05, 0.1) is 17.1 Å². The van der Waals surface area contributed by atoms with Gasteiger partial charge in [-0.2, -0.15) is 0 Å². The van der Waals surface area contributed by atoms with Crippen LogP contribution in [0.5, 0.6) is 0 Å². The summed E-state index contributed by atoms with van der Waals surface area (Å²) >= 11 is 6.39. The van der Waals surface area contributed by atoms with Crippen LogP contribution < -0.4 is 16.4 Å². The molecule has 0 fully saturated rings. The van der Waals surface area contributed by atoms with Gasteiger partial charge in [-0.05, 0) is 76.3 Å². The second kappa shape index (κ2) is 13.5. The molecule has 2 aromatic carbocycles. The topological polar surface area (TPSA) is 131 Å². The van der Waals surface area contributed by atoms with Crippen molar-refractivity contribution in [2.45, 2.75) is 79.0 Å². The Labute approximate surface area is 235 Å². The summed E-state index contributed by atoms with van der Waals surface area (Å²) in [5.41, 5.74) is 8.16. The van der Waals surface area contributed by atoms with Crippen molar-refractivity contribution in [3.63, 3.8) is 0 Å². The lowest BCUT2D eigenvalue weighted by Gasteiger charge is -2.35. The molecule has 0 radical (unpaired) electrons. The predicted octanol–water partition coefficient (Wildman–Crippen LogP) is 4.95. The fraction of sp³-hybridized carbons (Fsp3) is 0.448. The Bertz CT molecular complexity index is 1200. The average molecular weight is 559 g/mol. The molecule has 0 bridgehead atoms. The summed E-state index contributed by atoms with van der Waals surface area (Å²) in [4.78, 5) is 53.9. The van der Waals surface area contributed by atoms with Crippen LogP contribution in [0.3, 0.4) is 0 Å². The van der Waals surface area contributed by atoms with Gasteiger partial charge in [0, 0.05) is 6.54 Å². The summed E-state index contributed by atoms with van der Waals surface area (Å²) in [6.07, 6.45) is -0.845. The van der Waals surface area contributed by atoms with Crippen LogP contribution in [-0.2, 0) is 19.1 Å². The lowest BCUT2D eigenvalue weighted by molar-refractivity contribution is -0.141. The number of nitrogens with one attached hydrogen (secondary N) is 2. The van der Waals surface area contributed by atoms with Crippen molar-refractivity contribution in [1.82, 2.24) is 10.2 Å². The lowest BCUT2D eigenvalue weighted by Crippen LogP contribution is -2.53. The fourth-order valence-corrected chi connectivity index (χ4v) is 4.43. The molecule has 0 saturated heterocycles. The van der Waals surface area contributed by atoms with Gasteiger partial charge in [-0.3, -0.25) is 14.4 Å². The minimum Gasteiger partial charge on any atom is -0.444 e. The number of rotatable bonds is 10. The number of para-hydroxylation sites is 1. The van der Waals surface area contributed by atoms with Crippen LogP contribution in [0.2, 0.25) is 5.02 Å². The van der Waals surface area contributed by atoms with E-state index in [1.165, 1.54) is 4.90 Å². The number of hydrogen-bond donors (Lipinski definition) is 3. The molecular formula is C29H39ClN4O5. The number of aryl methyl sites for hydroxylation is 2. The largest absolute Gasteiger partial charge is 0.444 e. The predicted molar refractivity (Wildman–Crippen MR) is 152 cm³/mol. The van der Waals surface area contributed by atoms with E-state index < -0.39 is 47.9 Å². The molecule has 0 spiro atoms. The molecule has 0 aliphatic rings. The highest BCUT2D eigenvalue weighted by Gasteiger charge is 2.37. The van der Waals surface area contributed by atoms with Gasteiger partial charge in [-0.25, -0.2) is 4.79 Å². The van der Waals surface area contributed by atoms with E-state index in [2.05, 4.69) is 10.6 Å². The zero-order valence-corrected chi connectivity index (χ0v) is 24.4. The number of anilines is 1.